The Bertz CT molecular complexity index is 813. The second-order valence-corrected chi connectivity index (χ2v) is 6.23. The summed E-state index contributed by atoms with van der Waals surface area (Å²) in [4.78, 5) is 20.1. The monoisotopic (exact) mass is 344 g/mol. The summed E-state index contributed by atoms with van der Waals surface area (Å²) >= 11 is 0. The number of urea groups is 1. The smallest absolute Gasteiger partial charge is 0.322 e. The third kappa shape index (κ3) is 2.79. The Kier molecular flexibility index (Phi) is 3.99. The molecule has 1 aromatic heterocycles. The van der Waals surface area contributed by atoms with Gasteiger partial charge in [-0.25, -0.2) is 18.6 Å². The van der Waals surface area contributed by atoms with Gasteiger partial charge in [-0.05, 0) is 18.6 Å². The molecule has 25 heavy (non-hydrogen) atoms. The minimum absolute atomic E-state index is 0.232. The molecule has 2 amide bonds. The molecule has 2 aromatic rings. The normalized spacial score (nSPS) is 20.2. The van der Waals surface area contributed by atoms with Crippen LogP contribution >= 0.6 is 0 Å². The summed E-state index contributed by atoms with van der Waals surface area (Å²) in [5.74, 6) is 0.156. The van der Waals surface area contributed by atoms with Gasteiger partial charge in [0.05, 0.1) is 12.2 Å². The predicted molar refractivity (Wildman–Crippen MR) is 92.1 cm³/mol. The lowest BCUT2D eigenvalue weighted by molar-refractivity contribution is 0.252. The number of pyridine rings is 1. The van der Waals surface area contributed by atoms with Crippen molar-refractivity contribution < 1.29 is 13.6 Å². The maximum atomic E-state index is 14.4. The number of halogens is 2. The van der Waals surface area contributed by atoms with Crippen molar-refractivity contribution in [1.82, 2.24) is 10.3 Å². The third-order valence-electron chi connectivity index (χ3n) is 4.63. The van der Waals surface area contributed by atoms with Crippen LogP contribution in [0.25, 0.3) is 11.1 Å². The van der Waals surface area contributed by atoms with Crippen LogP contribution in [0.4, 0.5) is 25.1 Å². The molecule has 0 spiro atoms. The van der Waals surface area contributed by atoms with Gasteiger partial charge in [0, 0.05) is 37.0 Å². The highest BCUT2D eigenvalue weighted by molar-refractivity contribution is 6.02. The topological polar surface area (TPSA) is 48.5 Å². The summed E-state index contributed by atoms with van der Waals surface area (Å²) in [5.41, 5.74) is 1.52. The van der Waals surface area contributed by atoms with Crippen molar-refractivity contribution in [1.29, 1.82) is 0 Å². The fourth-order valence-electron chi connectivity index (χ4n) is 3.43. The van der Waals surface area contributed by atoms with Gasteiger partial charge in [-0.2, -0.15) is 0 Å². The van der Waals surface area contributed by atoms with Crippen LogP contribution in [-0.2, 0) is 0 Å². The van der Waals surface area contributed by atoms with E-state index in [9.17, 15) is 13.6 Å². The lowest BCUT2D eigenvalue weighted by atomic mass is 10.0. The molecule has 4 rings (SSSR count). The van der Waals surface area contributed by atoms with Gasteiger partial charge in [-0.3, -0.25) is 4.90 Å². The number of benzene rings is 1. The zero-order chi connectivity index (χ0) is 17.4. The number of aromatic nitrogens is 1. The number of anilines is 2. The lowest BCUT2D eigenvalue weighted by Crippen LogP contribution is -2.31. The van der Waals surface area contributed by atoms with Crippen LogP contribution in [0.5, 0.6) is 0 Å². The van der Waals surface area contributed by atoms with Gasteiger partial charge in [0.1, 0.15) is 12.0 Å². The fraction of sp³-hybridized carbons (Fsp3) is 0.333. The number of nitrogens with one attached hydrogen (secondary N) is 1. The molecule has 0 bridgehead atoms. The first-order chi connectivity index (χ1) is 12.1. The van der Waals surface area contributed by atoms with Crippen LogP contribution in [0, 0.1) is 5.82 Å². The standard InChI is InChI=1S/C18H18F2N4O/c19-12-6-9-23(11-12)17-16(24-10-8-22-18(24)25)14(5-7-21-17)13-3-1-2-4-15(13)20/h1-5,7,12H,6,8-11H2,(H,22,25)/t12-/m0/s1. The molecule has 7 heteroatoms. The van der Waals surface area contributed by atoms with Crippen LogP contribution in [0.15, 0.2) is 36.5 Å². The molecule has 1 N–H and O–H groups in total. The third-order valence-corrected chi connectivity index (χ3v) is 4.63. The summed E-state index contributed by atoms with van der Waals surface area (Å²) in [7, 11) is 0. The van der Waals surface area contributed by atoms with E-state index in [0.29, 0.717) is 48.7 Å². The van der Waals surface area contributed by atoms with Gasteiger partial charge in [0.25, 0.3) is 0 Å². The largest absolute Gasteiger partial charge is 0.352 e. The van der Waals surface area contributed by atoms with E-state index in [2.05, 4.69) is 10.3 Å². The van der Waals surface area contributed by atoms with E-state index in [1.54, 1.807) is 35.4 Å². The van der Waals surface area contributed by atoms with Crippen LogP contribution < -0.4 is 15.1 Å². The average Bonchev–Trinajstić information content (AvgIpc) is 3.23. The van der Waals surface area contributed by atoms with Gasteiger partial charge >= 0.3 is 6.03 Å². The van der Waals surface area contributed by atoms with Crippen molar-refractivity contribution in [2.75, 3.05) is 36.0 Å². The van der Waals surface area contributed by atoms with Gasteiger partial charge in [-0.15, -0.1) is 0 Å². The van der Waals surface area contributed by atoms with E-state index in [-0.39, 0.29) is 18.4 Å². The van der Waals surface area contributed by atoms with Crippen molar-refractivity contribution >= 4 is 17.5 Å². The van der Waals surface area contributed by atoms with E-state index < -0.39 is 6.17 Å². The molecule has 0 radical (unpaired) electrons. The van der Waals surface area contributed by atoms with Crippen LogP contribution in [0.3, 0.4) is 0 Å². The number of hydrogen-bond acceptors (Lipinski definition) is 3. The fourth-order valence-corrected chi connectivity index (χ4v) is 3.43. The number of nitrogens with zero attached hydrogens (tertiary/aromatic N) is 3. The predicted octanol–water partition coefficient (Wildman–Crippen LogP) is 2.97. The Morgan fingerprint density at radius 2 is 2.00 bits per heavy atom. The molecule has 2 aliphatic rings. The Labute approximate surface area is 144 Å². The summed E-state index contributed by atoms with van der Waals surface area (Å²) < 4.78 is 28.1. The minimum atomic E-state index is -0.917. The summed E-state index contributed by atoms with van der Waals surface area (Å²) in [5, 5.41) is 2.76. The molecule has 1 aromatic carbocycles. The number of amides is 2. The summed E-state index contributed by atoms with van der Waals surface area (Å²) in [6.45, 7) is 1.73. The van der Waals surface area contributed by atoms with Gasteiger partial charge in [0.2, 0.25) is 0 Å². The summed E-state index contributed by atoms with van der Waals surface area (Å²) in [6.07, 6.45) is 1.09. The lowest BCUT2D eigenvalue weighted by Gasteiger charge is -2.26. The molecular weight excluding hydrogens is 326 g/mol. The van der Waals surface area contributed by atoms with Crippen molar-refractivity contribution in [2.45, 2.75) is 12.6 Å². The van der Waals surface area contributed by atoms with Gasteiger partial charge in [0.15, 0.2) is 5.82 Å². The molecule has 2 saturated heterocycles. The van der Waals surface area contributed by atoms with Crippen LogP contribution in [0.2, 0.25) is 0 Å². The van der Waals surface area contributed by atoms with E-state index >= 15 is 0 Å². The van der Waals surface area contributed by atoms with Crippen molar-refractivity contribution in [3.63, 3.8) is 0 Å². The van der Waals surface area contributed by atoms with Crippen molar-refractivity contribution in [2.24, 2.45) is 0 Å². The number of hydrogen-bond donors (Lipinski definition) is 1. The number of carbonyl (C=O) groups is 1. The Morgan fingerprint density at radius 1 is 1.16 bits per heavy atom. The molecule has 2 aliphatic heterocycles. The average molecular weight is 344 g/mol. The highest BCUT2D eigenvalue weighted by Crippen LogP contribution is 2.40. The quantitative estimate of drug-likeness (QED) is 0.931. The highest BCUT2D eigenvalue weighted by atomic mass is 19.1. The molecule has 0 aliphatic carbocycles. The number of alkyl halides is 1. The molecule has 0 saturated carbocycles. The highest BCUT2D eigenvalue weighted by Gasteiger charge is 2.32. The molecule has 3 heterocycles. The molecule has 1 atom stereocenters. The second-order valence-electron chi connectivity index (χ2n) is 6.23. The maximum Gasteiger partial charge on any atom is 0.322 e. The number of carbonyl (C=O) groups excluding carboxylic acids is 1. The second kappa shape index (κ2) is 6.31. The van der Waals surface area contributed by atoms with Gasteiger partial charge in [-0.1, -0.05) is 18.2 Å². The zero-order valence-corrected chi connectivity index (χ0v) is 13.6. The van der Waals surface area contributed by atoms with Crippen LogP contribution in [0.1, 0.15) is 6.42 Å². The Morgan fingerprint density at radius 3 is 2.68 bits per heavy atom. The molecule has 130 valence electrons. The van der Waals surface area contributed by atoms with Gasteiger partial charge < -0.3 is 10.2 Å². The zero-order valence-electron chi connectivity index (χ0n) is 13.6. The minimum Gasteiger partial charge on any atom is -0.352 e. The molecule has 0 unspecified atom stereocenters. The molecule has 2 fully saturated rings. The Balaban J connectivity index is 1.89. The molecular formula is C18H18F2N4O. The SMILES string of the molecule is O=C1NCCN1c1c(-c2ccccc2F)ccnc1N1CC[C@H](F)C1. The number of rotatable bonds is 3. The Hall–Kier alpha value is -2.70. The van der Waals surface area contributed by atoms with E-state index in [4.69, 9.17) is 0 Å². The van der Waals surface area contributed by atoms with Crippen LogP contribution in [-0.4, -0.2) is 43.4 Å². The van der Waals surface area contributed by atoms with Crippen molar-refractivity contribution in [3.05, 3.63) is 42.3 Å². The first-order valence-electron chi connectivity index (χ1n) is 8.33. The van der Waals surface area contributed by atoms with Crippen molar-refractivity contribution in [3.8, 4) is 11.1 Å². The van der Waals surface area contributed by atoms with E-state index in [0.717, 1.165) is 0 Å². The first-order valence-corrected chi connectivity index (χ1v) is 8.33. The maximum absolute atomic E-state index is 14.4. The van der Waals surface area contributed by atoms with E-state index in [1.165, 1.54) is 6.07 Å². The summed E-state index contributed by atoms with van der Waals surface area (Å²) in [6, 6.07) is 7.89. The van der Waals surface area contributed by atoms with E-state index in [1.807, 2.05) is 4.90 Å². The first kappa shape index (κ1) is 15.8. The molecule has 5 nitrogen and oxygen atoms in total.